The van der Waals surface area contributed by atoms with Crippen molar-refractivity contribution in [1.82, 2.24) is 5.06 Å². The first-order chi connectivity index (χ1) is 3.72. The summed E-state index contributed by atoms with van der Waals surface area (Å²) in [5.41, 5.74) is 0. The van der Waals surface area contributed by atoms with Gasteiger partial charge < -0.3 is 5.11 Å². The number of nitrogens with zero attached hydrogens (tertiary/aromatic N) is 1. The quantitative estimate of drug-likeness (QED) is 0.320. The molecule has 1 N–H and O–H groups in total. The van der Waals surface area contributed by atoms with Gasteiger partial charge in [-0.1, -0.05) is 6.58 Å². The van der Waals surface area contributed by atoms with Crippen LogP contribution in [0, 0.1) is 0 Å². The first kappa shape index (κ1) is 7.62. The summed E-state index contributed by atoms with van der Waals surface area (Å²) in [6, 6.07) is 0. The van der Waals surface area contributed by atoms with Crippen LogP contribution in [-0.2, 0) is 4.84 Å². The van der Waals surface area contributed by atoms with Gasteiger partial charge in [0, 0.05) is 7.05 Å². The van der Waals surface area contributed by atoms with E-state index in [0.29, 0.717) is 0 Å². The molecule has 0 radical (unpaired) electrons. The molecule has 1 atom stereocenters. The Labute approximate surface area is 49.1 Å². The predicted molar refractivity (Wildman–Crippen MR) is 31.0 cm³/mol. The van der Waals surface area contributed by atoms with Gasteiger partial charge in [-0.25, -0.2) is 0 Å². The second-order valence-electron chi connectivity index (χ2n) is 1.38. The van der Waals surface area contributed by atoms with Gasteiger partial charge in [0.15, 0.2) is 0 Å². The van der Waals surface area contributed by atoms with Crippen LogP contribution in [0.15, 0.2) is 12.7 Å². The van der Waals surface area contributed by atoms with E-state index in [1.165, 1.54) is 18.2 Å². The van der Waals surface area contributed by atoms with E-state index in [1.807, 2.05) is 0 Å². The monoisotopic (exact) mass is 117 g/mol. The highest BCUT2D eigenvalue weighted by atomic mass is 16.7. The van der Waals surface area contributed by atoms with E-state index in [9.17, 15) is 0 Å². The minimum atomic E-state index is -0.708. The van der Waals surface area contributed by atoms with Crippen molar-refractivity contribution in [3.05, 3.63) is 12.7 Å². The third-order valence-electron chi connectivity index (χ3n) is 0.871. The highest BCUT2D eigenvalue weighted by molar-refractivity contribution is 4.73. The van der Waals surface area contributed by atoms with Gasteiger partial charge in [-0.2, -0.15) is 5.06 Å². The molecule has 0 bridgehead atoms. The van der Waals surface area contributed by atoms with Gasteiger partial charge in [-0.3, -0.25) is 4.84 Å². The number of hydrogen-bond acceptors (Lipinski definition) is 3. The molecule has 3 nitrogen and oxygen atoms in total. The molecule has 0 amide bonds. The molecular formula is C5H11NO2. The number of rotatable bonds is 3. The Bertz CT molecular complexity index is 74.8. The Morgan fingerprint density at radius 2 is 2.38 bits per heavy atom. The van der Waals surface area contributed by atoms with Gasteiger partial charge in [0.2, 0.25) is 0 Å². The fourth-order valence-electron chi connectivity index (χ4n) is 0.256. The average Bonchev–Trinajstić information content (AvgIpc) is 1.84. The molecule has 0 spiro atoms. The summed E-state index contributed by atoms with van der Waals surface area (Å²) in [5, 5.41) is 10.1. The van der Waals surface area contributed by atoms with Crippen LogP contribution in [0.25, 0.3) is 0 Å². The largest absolute Gasteiger partial charge is 0.373 e. The van der Waals surface area contributed by atoms with Crippen molar-refractivity contribution in [3.8, 4) is 0 Å². The van der Waals surface area contributed by atoms with Crippen LogP contribution >= 0.6 is 0 Å². The zero-order valence-electron chi connectivity index (χ0n) is 5.16. The lowest BCUT2D eigenvalue weighted by molar-refractivity contribution is -0.184. The summed E-state index contributed by atoms with van der Waals surface area (Å²) in [6.07, 6.45) is 0.670. The van der Waals surface area contributed by atoms with Crippen LogP contribution in [0.3, 0.4) is 0 Å². The number of aliphatic hydroxyl groups is 1. The Morgan fingerprint density at radius 1 is 1.88 bits per heavy atom. The smallest absolute Gasteiger partial charge is 0.148 e. The average molecular weight is 117 g/mol. The Hall–Kier alpha value is -0.380. The van der Waals surface area contributed by atoms with Crippen molar-refractivity contribution in [2.45, 2.75) is 6.23 Å². The summed E-state index contributed by atoms with van der Waals surface area (Å²) in [4.78, 5) is 4.61. The SMILES string of the molecule is C=CC(O)N(C)OC. The molecule has 8 heavy (non-hydrogen) atoms. The van der Waals surface area contributed by atoms with E-state index in [4.69, 9.17) is 5.11 Å². The van der Waals surface area contributed by atoms with Crippen molar-refractivity contribution in [2.24, 2.45) is 0 Å². The molecule has 0 aliphatic heterocycles. The standard InChI is InChI=1S/C5H11NO2/c1-4-5(7)6(2)8-3/h4-5,7H,1H2,2-3H3. The Kier molecular flexibility index (Phi) is 3.43. The summed E-state index contributed by atoms with van der Waals surface area (Å²) in [7, 11) is 3.10. The number of hydrogen-bond donors (Lipinski definition) is 1. The number of likely N-dealkylation sites (N-methyl/N-ethyl adjacent to an activating group) is 1. The third kappa shape index (κ3) is 2.07. The van der Waals surface area contributed by atoms with Crippen molar-refractivity contribution in [1.29, 1.82) is 0 Å². The Balaban J connectivity index is 3.44. The second-order valence-corrected chi connectivity index (χ2v) is 1.38. The first-order valence-corrected chi connectivity index (χ1v) is 2.30. The molecule has 0 aromatic heterocycles. The molecule has 1 unspecified atom stereocenters. The molecule has 0 saturated carbocycles. The molecule has 3 heteroatoms. The number of hydroxylamine groups is 2. The normalized spacial score (nSPS) is 14.0. The van der Waals surface area contributed by atoms with E-state index in [1.54, 1.807) is 7.05 Å². The molecule has 0 aromatic carbocycles. The van der Waals surface area contributed by atoms with Crippen LogP contribution in [0.4, 0.5) is 0 Å². The van der Waals surface area contributed by atoms with Crippen molar-refractivity contribution < 1.29 is 9.94 Å². The maximum Gasteiger partial charge on any atom is 0.148 e. The predicted octanol–water partition coefficient (Wildman–Crippen LogP) is -0.0160. The lowest BCUT2D eigenvalue weighted by Crippen LogP contribution is -2.27. The lowest BCUT2D eigenvalue weighted by Gasteiger charge is -2.16. The second kappa shape index (κ2) is 3.60. The minimum absolute atomic E-state index is 0.708. The van der Waals surface area contributed by atoms with E-state index in [-0.39, 0.29) is 0 Å². The van der Waals surface area contributed by atoms with Gasteiger partial charge >= 0.3 is 0 Å². The zero-order valence-corrected chi connectivity index (χ0v) is 5.16. The first-order valence-electron chi connectivity index (χ1n) is 2.30. The molecule has 0 rings (SSSR count). The zero-order chi connectivity index (χ0) is 6.57. The van der Waals surface area contributed by atoms with Crippen LogP contribution < -0.4 is 0 Å². The van der Waals surface area contributed by atoms with Gasteiger partial charge in [-0.15, -0.1) is 0 Å². The molecule has 0 aromatic rings. The van der Waals surface area contributed by atoms with Gasteiger partial charge in [0.05, 0.1) is 7.11 Å². The van der Waals surface area contributed by atoms with Gasteiger partial charge in [0.25, 0.3) is 0 Å². The van der Waals surface area contributed by atoms with Crippen molar-refractivity contribution in [3.63, 3.8) is 0 Å². The van der Waals surface area contributed by atoms with E-state index >= 15 is 0 Å². The fourth-order valence-corrected chi connectivity index (χ4v) is 0.256. The van der Waals surface area contributed by atoms with Crippen LogP contribution in [0.1, 0.15) is 0 Å². The molecular weight excluding hydrogens is 106 g/mol. The minimum Gasteiger partial charge on any atom is -0.373 e. The number of aliphatic hydroxyl groups excluding tert-OH is 1. The van der Waals surface area contributed by atoms with Crippen LogP contribution in [0.5, 0.6) is 0 Å². The maximum absolute atomic E-state index is 8.81. The van der Waals surface area contributed by atoms with E-state index in [2.05, 4.69) is 11.4 Å². The summed E-state index contributed by atoms with van der Waals surface area (Å²) in [5.74, 6) is 0. The van der Waals surface area contributed by atoms with Crippen LogP contribution in [0.2, 0.25) is 0 Å². The summed E-state index contributed by atoms with van der Waals surface area (Å²) in [6.45, 7) is 3.36. The van der Waals surface area contributed by atoms with Crippen LogP contribution in [-0.4, -0.2) is 30.6 Å². The van der Waals surface area contributed by atoms with E-state index < -0.39 is 6.23 Å². The molecule has 0 heterocycles. The maximum atomic E-state index is 8.81. The lowest BCUT2D eigenvalue weighted by atomic mass is 10.5. The fraction of sp³-hybridized carbons (Fsp3) is 0.600. The van der Waals surface area contributed by atoms with Crippen molar-refractivity contribution >= 4 is 0 Å². The highest BCUT2D eigenvalue weighted by Crippen LogP contribution is 1.89. The Morgan fingerprint density at radius 3 is 2.50 bits per heavy atom. The highest BCUT2D eigenvalue weighted by Gasteiger charge is 2.02. The molecule has 0 fully saturated rings. The molecule has 0 saturated heterocycles. The summed E-state index contributed by atoms with van der Waals surface area (Å²) >= 11 is 0. The third-order valence-corrected chi connectivity index (χ3v) is 0.871. The topological polar surface area (TPSA) is 32.7 Å². The molecule has 48 valence electrons. The summed E-state index contributed by atoms with van der Waals surface area (Å²) < 4.78 is 0. The molecule has 0 aliphatic carbocycles. The molecule has 0 aliphatic rings. The van der Waals surface area contributed by atoms with Gasteiger partial charge in [0.1, 0.15) is 6.23 Å². The van der Waals surface area contributed by atoms with Crippen molar-refractivity contribution in [2.75, 3.05) is 14.2 Å². The van der Waals surface area contributed by atoms with E-state index in [0.717, 1.165) is 0 Å². The van der Waals surface area contributed by atoms with Gasteiger partial charge in [-0.05, 0) is 6.08 Å².